The van der Waals surface area contributed by atoms with Gasteiger partial charge in [0.1, 0.15) is 11.8 Å². The van der Waals surface area contributed by atoms with E-state index >= 15 is 0 Å². The molecule has 1 saturated heterocycles. The number of carbonyl (C=O) groups is 4. The molecule has 4 N–H and O–H groups in total. The van der Waals surface area contributed by atoms with Crippen molar-refractivity contribution in [3.8, 4) is 5.75 Å². The van der Waals surface area contributed by atoms with Crippen LogP contribution in [0.4, 0.5) is 28.9 Å². The predicted octanol–water partition coefficient (Wildman–Crippen LogP) is 3.42. The molecule has 3 atom stereocenters. The van der Waals surface area contributed by atoms with Gasteiger partial charge >= 0.3 is 12.3 Å². The number of nitrogens with zero attached hydrogens (tertiary/aromatic N) is 1. The summed E-state index contributed by atoms with van der Waals surface area (Å²) in [6.45, 7) is 0.744. The molecule has 1 saturated carbocycles. The molecule has 2 aromatic carbocycles. The molecule has 2 aromatic rings. The van der Waals surface area contributed by atoms with E-state index in [0.717, 1.165) is 25.1 Å². The highest BCUT2D eigenvalue weighted by atomic mass is 19.4. The lowest BCUT2D eigenvalue weighted by molar-refractivity contribution is -0.275. The Morgan fingerprint density at radius 1 is 1.13 bits per heavy atom. The van der Waals surface area contributed by atoms with Gasteiger partial charge in [-0.1, -0.05) is 6.07 Å². The lowest BCUT2D eigenvalue weighted by atomic mass is 10.0. The monoisotopic (exact) mass is 550 g/mol. The van der Waals surface area contributed by atoms with Crippen molar-refractivity contribution < 1.29 is 46.6 Å². The Labute approximate surface area is 218 Å². The molecule has 39 heavy (non-hydrogen) atoms. The van der Waals surface area contributed by atoms with Crippen LogP contribution in [-0.4, -0.2) is 64.3 Å². The molecule has 1 heterocycles. The summed E-state index contributed by atoms with van der Waals surface area (Å²) in [5.41, 5.74) is -0.965. The minimum Gasteiger partial charge on any atom is -0.478 e. The van der Waals surface area contributed by atoms with Crippen LogP contribution in [0.15, 0.2) is 36.4 Å². The standard InChI is InChI=1S/C25H22F4N4O6/c1-11(34)22(30)14-6-5-12(24(37)38)7-16(14)31-10-20(35)33-17-8-13(17)9-18(33)23(36)32-15-3-2-4-19(21(15)26)39-25(27,28)29/h2-7,13,17-18,30-31H,8-10H2,1H3,(H,32,36)(H,37,38). The fraction of sp³-hybridized carbons (Fsp3) is 0.320. The number of anilines is 2. The zero-order valence-corrected chi connectivity index (χ0v) is 20.3. The molecule has 0 spiro atoms. The zero-order valence-electron chi connectivity index (χ0n) is 20.3. The van der Waals surface area contributed by atoms with Crippen molar-refractivity contribution in [2.45, 2.75) is 38.2 Å². The lowest BCUT2D eigenvalue weighted by Crippen LogP contribution is -2.47. The van der Waals surface area contributed by atoms with Gasteiger partial charge in [0, 0.05) is 24.2 Å². The number of carboxylic acid groups (broad SMARTS) is 1. The average Bonchev–Trinajstić information content (AvgIpc) is 3.52. The first-order valence-corrected chi connectivity index (χ1v) is 11.6. The van der Waals surface area contributed by atoms with Gasteiger partial charge in [0.2, 0.25) is 11.8 Å². The number of carbonyl (C=O) groups excluding carboxylic acids is 3. The fourth-order valence-electron chi connectivity index (χ4n) is 4.57. The van der Waals surface area contributed by atoms with E-state index in [1.54, 1.807) is 0 Å². The summed E-state index contributed by atoms with van der Waals surface area (Å²) in [7, 11) is 0. The third kappa shape index (κ3) is 5.99. The van der Waals surface area contributed by atoms with Crippen molar-refractivity contribution in [1.29, 1.82) is 5.41 Å². The molecule has 1 aliphatic heterocycles. The van der Waals surface area contributed by atoms with E-state index < -0.39 is 65.5 Å². The van der Waals surface area contributed by atoms with Crippen LogP contribution in [0.3, 0.4) is 0 Å². The molecule has 1 aliphatic carbocycles. The van der Waals surface area contributed by atoms with E-state index in [9.17, 15) is 41.8 Å². The summed E-state index contributed by atoms with van der Waals surface area (Å²) >= 11 is 0. The molecule has 10 nitrogen and oxygen atoms in total. The quantitative estimate of drug-likeness (QED) is 0.276. The van der Waals surface area contributed by atoms with Gasteiger partial charge in [-0.05, 0) is 49.1 Å². The Kier molecular flexibility index (Phi) is 7.31. The Morgan fingerprint density at radius 2 is 1.85 bits per heavy atom. The van der Waals surface area contributed by atoms with Crippen LogP contribution in [0.1, 0.15) is 35.7 Å². The number of alkyl halides is 3. The molecule has 2 amide bonds. The second kappa shape index (κ2) is 10.3. The number of fused-ring (bicyclic) bond motifs is 1. The number of ether oxygens (including phenoxy) is 1. The van der Waals surface area contributed by atoms with Gasteiger partial charge in [-0.15, -0.1) is 13.2 Å². The Morgan fingerprint density at radius 3 is 2.49 bits per heavy atom. The van der Waals surface area contributed by atoms with E-state index in [1.807, 2.05) is 0 Å². The number of likely N-dealkylation sites (tertiary alicyclic amines) is 1. The van der Waals surface area contributed by atoms with Crippen LogP contribution in [-0.2, 0) is 14.4 Å². The van der Waals surface area contributed by atoms with E-state index in [0.29, 0.717) is 6.42 Å². The summed E-state index contributed by atoms with van der Waals surface area (Å²) in [5.74, 6) is -5.74. The number of piperidine rings is 1. The zero-order chi connectivity index (χ0) is 28.6. The van der Waals surface area contributed by atoms with Gasteiger partial charge in [0.05, 0.1) is 17.8 Å². The Balaban J connectivity index is 1.49. The molecule has 0 aromatic heterocycles. The maximum absolute atomic E-state index is 14.5. The van der Waals surface area contributed by atoms with E-state index in [4.69, 9.17) is 5.41 Å². The number of hydrogen-bond donors (Lipinski definition) is 4. The summed E-state index contributed by atoms with van der Waals surface area (Å²) in [6.07, 6.45) is -4.25. The molecule has 2 aliphatic rings. The second-order valence-corrected chi connectivity index (χ2v) is 9.12. The highest BCUT2D eigenvalue weighted by molar-refractivity contribution is 6.45. The van der Waals surface area contributed by atoms with Crippen LogP contribution in [0.2, 0.25) is 0 Å². The lowest BCUT2D eigenvalue weighted by Gasteiger charge is -2.27. The van der Waals surface area contributed by atoms with Crippen LogP contribution in [0.25, 0.3) is 0 Å². The van der Waals surface area contributed by atoms with E-state index in [2.05, 4.69) is 15.4 Å². The van der Waals surface area contributed by atoms with Gasteiger partial charge < -0.3 is 25.4 Å². The molecule has 206 valence electrons. The number of aromatic carboxylic acids is 1. The molecule has 3 unspecified atom stereocenters. The number of ketones is 1. The molecule has 2 fully saturated rings. The smallest absolute Gasteiger partial charge is 0.478 e. The third-order valence-corrected chi connectivity index (χ3v) is 6.46. The van der Waals surface area contributed by atoms with E-state index in [-0.39, 0.29) is 35.2 Å². The number of halogens is 4. The molecule has 0 bridgehead atoms. The van der Waals surface area contributed by atoms with Gasteiger partial charge in [0.15, 0.2) is 17.3 Å². The summed E-state index contributed by atoms with van der Waals surface area (Å²) in [4.78, 5) is 50.5. The number of amides is 2. The first kappa shape index (κ1) is 27.5. The number of rotatable bonds is 9. The average molecular weight is 550 g/mol. The van der Waals surface area contributed by atoms with Crippen LogP contribution in [0, 0.1) is 17.1 Å². The first-order valence-electron chi connectivity index (χ1n) is 11.6. The molecule has 0 radical (unpaired) electrons. The molecular formula is C25H22F4N4O6. The minimum atomic E-state index is -5.14. The van der Waals surface area contributed by atoms with E-state index in [1.165, 1.54) is 23.1 Å². The van der Waals surface area contributed by atoms with Gasteiger partial charge in [-0.2, -0.15) is 0 Å². The molecule has 14 heteroatoms. The molecule has 4 rings (SSSR count). The first-order chi connectivity index (χ1) is 18.3. The number of hydrogen-bond acceptors (Lipinski definition) is 7. The topological polar surface area (TPSA) is 149 Å². The van der Waals surface area contributed by atoms with Crippen LogP contribution >= 0.6 is 0 Å². The highest BCUT2D eigenvalue weighted by Gasteiger charge is 2.56. The van der Waals surface area contributed by atoms with Gasteiger partial charge in [0.25, 0.3) is 0 Å². The SMILES string of the molecule is CC(=O)C(=N)c1ccc(C(=O)O)cc1NCC(=O)N1C(C(=O)Nc2cccc(OC(F)(F)F)c2F)CC2CC21. The number of carboxylic acids is 1. The maximum Gasteiger partial charge on any atom is 0.573 e. The maximum atomic E-state index is 14.5. The summed E-state index contributed by atoms with van der Waals surface area (Å²) < 4.78 is 55.8. The van der Waals surface area contributed by atoms with Crippen LogP contribution < -0.4 is 15.4 Å². The van der Waals surface area contributed by atoms with Crippen molar-refractivity contribution in [2.24, 2.45) is 5.92 Å². The normalized spacial score (nSPS) is 19.6. The fourth-order valence-corrected chi connectivity index (χ4v) is 4.57. The summed E-state index contributed by atoms with van der Waals surface area (Å²) in [5, 5.41) is 22.2. The van der Waals surface area contributed by atoms with Crippen molar-refractivity contribution in [1.82, 2.24) is 4.90 Å². The minimum absolute atomic E-state index is 0.0197. The number of benzene rings is 2. The largest absolute Gasteiger partial charge is 0.573 e. The highest BCUT2D eigenvalue weighted by Crippen LogP contribution is 2.48. The second-order valence-electron chi connectivity index (χ2n) is 9.12. The van der Waals surface area contributed by atoms with Crippen molar-refractivity contribution in [2.75, 3.05) is 17.2 Å². The number of Topliss-reactive ketones (excluding diaryl/α,β-unsaturated/α-hetero) is 1. The van der Waals surface area contributed by atoms with Crippen LogP contribution in [0.5, 0.6) is 5.75 Å². The Hall–Kier alpha value is -4.49. The van der Waals surface area contributed by atoms with Gasteiger partial charge in [-0.25, -0.2) is 9.18 Å². The van der Waals surface area contributed by atoms with Crippen molar-refractivity contribution in [3.63, 3.8) is 0 Å². The predicted molar refractivity (Wildman–Crippen MR) is 128 cm³/mol. The number of nitrogens with one attached hydrogen (secondary N) is 3. The molecular weight excluding hydrogens is 528 g/mol. The van der Waals surface area contributed by atoms with Crippen molar-refractivity contribution in [3.05, 3.63) is 53.3 Å². The summed E-state index contributed by atoms with van der Waals surface area (Å²) in [6, 6.07) is 5.25. The third-order valence-electron chi connectivity index (χ3n) is 6.46. The Bertz CT molecular complexity index is 1380. The van der Waals surface area contributed by atoms with Gasteiger partial charge in [-0.3, -0.25) is 19.8 Å². The van der Waals surface area contributed by atoms with Crippen molar-refractivity contribution >= 4 is 40.7 Å².